The summed E-state index contributed by atoms with van der Waals surface area (Å²) in [6.07, 6.45) is 0. The summed E-state index contributed by atoms with van der Waals surface area (Å²) in [7, 11) is 0. The number of hydroxylamine groups is 1. The maximum Gasteiger partial charge on any atom is 0.270 e. The third-order valence-corrected chi connectivity index (χ3v) is 4.74. The molecule has 9 nitrogen and oxygen atoms in total. The lowest BCUT2D eigenvalue weighted by molar-refractivity contribution is -0.384. The second-order valence-electron chi connectivity index (χ2n) is 6.42. The van der Waals surface area contributed by atoms with Crippen molar-refractivity contribution in [2.24, 2.45) is 0 Å². The molecule has 3 rings (SSSR count). The van der Waals surface area contributed by atoms with E-state index in [-0.39, 0.29) is 17.2 Å². The fraction of sp³-hybridized carbons (Fsp3) is 0.263. The van der Waals surface area contributed by atoms with Crippen molar-refractivity contribution in [3.8, 4) is 0 Å². The van der Waals surface area contributed by atoms with Gasteiger partial charge in [-0.2, -0.15) is 0 Å². The Labute approximate surface area is 161 Å². The maximum atomic E-state index is 12.7. The summed E-state index contributed by atoms with van der Waals surface area (Å²) >= 11 is 0. The largest absolute Gasteiger partial charge is 0.336 e. The molecule has 0 spiro atoms. The highest BCUT2D eigenvalue weighted by molar-refractivity contribution is 5.95. The van der Waals surface area contributed by atoms with E-state index in [1.165, 1.54) is 18.2 Å². The standard InChI is InChI=1S/C19H20N4O5/c24-18(20-26)17(14-5-2-1-3-6-14)21-9-11-22(12-10-21)19(25)15-7-4-8-16(13-15)23(27)28/h1-8,13,17,26H,9-12H2,(H,20,24). The van der Waals surface area contributed by atoms with E-state index in [1.807, 2.05) is 23.1 Å². The van der Waals surface area contributed by atoms with Gasteiger partial charge in [0.15, 0.2) is 0 Å². The molecule has 2 N–H and O–H groups in total. The summed E-state index contributed by atoms with van der Waals surface area (Å²) in [4.78, 5) is 38.7. The molecule has 0 radical (unpaired) electrons. The van der Waals surface area contributed by atoms with Crippen LogP contribution in [0.25, 0.3) is 0 Å². The van der Waals surface area contributed by atoms with Crippen molar-refractivity contribution in [2.75, 3.05) is 26.2 Å². The van der Waals surface area contributed by atoms with Crippen LogP contribution in [0.4, 0.5) is 5.69 Å². The van der Waals surface area contributed by atoms with E-state index in [4.69, 9.17) is 5.21 Å². The smallest absolute Gasteiger partial charge is 0.270 e. The zero-order valence-corrected chi connectivity index (χ0v) is 15.0. The van der Waals surface area contributed by atoms with Crippen LogP contribution in [0.3, 0.4) is 0 Å². The van der Waals surface area contributed by atoms with E-state index in [0.717, 1.165) is 5.56 Å². The summed E-state index contributed by atoms with van der Waals surface area (Å²) in [5, 5.41) is 20.0. The molecule has 146 valence electrons. The van der Waals surface area contributed by atoms with Crippen LogP contribution >= 0.6 is 0 Å². The van der Waals surface area contributed by atoms with Gasteiger partial charge >= 0.3 is 0 Å². The maximum absolute atomic E-state index is 12.7. The molecular weight excluding hydrogens is 364 g/mol. The van der Waals surface area contributed by atoms with Gasteiger partial charge in [-0.3, -0.25) is 29.8 Å². The normalized spacial score (nSPS) is 15.7. The third kappa shape index (κ3) is 4.16. The van der Waals surface area contributed by atoms with E-state index in [0.29, 0.717) is 26.2 Å². The van der Waals surface area contributed by atoms with Crippen LogP contribution in [-0.4, -0.2) is 57.9 Å². The number of hydrogen-bond acceptors (Lipinski definition) is 6. The number of carbonyl (C=O) groups is 2. The number of nitrogens with one attached hydrogen (secondary N) is 1. The molecule has 2 aromatic carbocycles. The van der Waals surface area contributed by atoms with Gasteiger partial charge < -0.3 is 4.90 Å². The number of non-ortho nitro benzene ring substituents is 1. The Bertz CT molecular complexity index is 866. The molecular formula is C19H20N4O5. The van der Waals surface area contributed by atoms with Gasteiger partial charge in [-0.1, -0.05) is 36.4 Å². The molecule has 1 atom stereocenters. The molecule has 0 bridgehead atoms. The second kappa shape index (κ2) is 8.59. The number of nitro groups is 1. The van der Waals surface area contributed by atoms with Crippen molar-refractivity contribution >= 4 is 17.5 Å². The van der Waals surface area contributed by atoms with E-state index in [1.54, 1.807) is 28.6 Å². The van der Waals surface area contributed by atoms with Crippen LogP contribution in [0.2, 0.25) is 0 Å². The minimum atomic E-state index is -0.665. The highest BCUT2D eigenvalue weighted by Crippen LogP contribution is 2.23. The lowest BCUT2D eigenvalue weighted by Gasteiger charge is -2.38. The predicted octanol–water partition coefficient (Wildman–Crippen LogP) is 1.60. The number of hydrogen-bond donors (Lipinski definition) is 2. The zero-order valence-electron chi connectivity index (χ0n) is 15.0. The minimum Gasteiger partial charge on any atom is -0.336 e. The van der Waals surface area contributed by atoms with Crippen LogP contribution in [0.5, 0.6) is 0 Å². The first kappa shape index (κ1) is 19.5. The van der Waals surface area contributed by atoms with Gasteiger partial charge in [0, 0.05) is 43.9 Å². The van der Waals surface area contributed by atoms with E-state index >= 15 is 0 Å². The summed E-state index contributed by atoms with van der Waals surface area (Å²) in [5.74, 6) is -0.823. The first-order valence-electron chi connectivity index (χ1n) is 8.78. The molecule has 1 aliphatic rings. The molecule has 2 aromatic rings. The van der Waals surface area contributed by atoms with Crippen LogP contribution in [0.15, 0.2) is 54.6 Å². The molecule has 28 heavy (non-hydrogen) atoms. The van der Waals surface area contributed by atoms with E-state index in [9.17, 15) is 19.7 Å². The average Bonchev–Trinajstić information content (AvgIpc) is 2.74. The van der Waals surface area contributed by atoms with E-state index in [2.05, 4.69) is 0 Å². The van der Waals surface area contributed by atoms with Crippen LogP contribution in [-0.2, 0) is 4.79 Å². The Kier molecular flexibility index (Phi) is 5.97. The van der Waals surface area contributed by atoms with Crippen molar-refractivity contribution in [3.05, 3.63) is 75.8 Å². The first-order chi connectivity index (χ1) is 13.5. The molecule has 1 fully saturated rings. The number of carbonyl (C=O) groups excluding carboxylic acids is 2. The van der Waals surface area contributed by atoms with Crippen molar-refractivity contribution in [1.29, 1.82) is 0 Å². The minimum absolute atomic E-state index is 0.131. The predicted molar refractivity (Wildman–Crippen MR) is 99.7 cm³/mol. The van der Waals surface area contributed by atoms with E-state index < -0.39 is 16.9 Å². The monoisotopic (exact) mass is 384 g/mol. The van der Waals surface area contributed by atoms with Gasteiger partial charge in [0.1, 0.15) is 6.04 Å². The quantitative estimate of drug-likeness (QED) is 0.460. The zero-order chi connectivity index (χ0) is 20.1. The highest BCUT2D eigenvalue weighted by atomic mass is 16.6. The van der Waals surface area contributed by atoms with Crippen molar-refractivity contribution in [3.63, 3.8) is 0 Å². The van der Waals surface area contributed by atoms with Crippen molar-refractivity contribution in [1.82, 2.24) is 15.3 Å². The fourth-order valence-electron chi connectivity index (χ4n) is 3.34. The molecule has 9 heteroatoms. The van der Waals surface area contributed by atoms with Gasteiger partial charge in [-0.05, 0) is 11.6 Å². The average molecular weight is 384 g/mol. The van der Waals surface area contributed by atoms with Crippen LogP contribution < -0.4 is 5.48 Å². The topological polar surface area (TPSA) is 116 Å². The number of benzene rings is 2. The number of piperazine rings is 1. The highest BCUT2D eigenvalue weighted by Gasteiger charge is 2.32. The SMILES string of the molecule is O=C(NO)C(c1ccccc1)N1CCN(C(=O)c2cccc([N+](=O)[O-])c2)CC1. The fourth-order valence-corrected chi connectivity index (χ4v) is 3.34. The first-order valence-corrected chi connectivity index (χ1v) is 8.78. The summed E-state index contributed by atoms with van der Waals surface area (Å²) < 4.78 is 0. The lowest BCUT2D eigenvalue weighted by Crippen LogP contribution is -2.52. The molecule has 1 saturated heterocycles. The lowest BCUT2D eigenvalue weighted by atomic mass is 10.0. The van der Waals surface area contributed by atoms with Crippen LogP contribution in [0, 0.1) is 10.1 Å². The number of amides is 2. The molecule has 0 aromatic heterocycles. The Morgan fingerprint density at radius 3 is 2.32 bits per heavy atom. The van der Waals surface area contributed by atoms with Gasteiger partial charge in [0.25, 0.3) is 17.5 Å². The van der Waals surface area contributed by atoms with Crippen LogP contribution in [0.1, 0.15) is 22.0 Å². The molecule has 0 aliphatic carbocycles. The Morgan fingerprint density at radius 1 is 1.04 bits per heavy atom. The second-order valence-corrected chi connectivity index (χ2v) is 6.42. The van der Waals surface area contributed by atoms with Gasteiger partial charge in [0.2, 0.25) is 0 Å². The number of nitro benzene ring substituents is 1. The molecule has 1 unspecified atom stereocenters. The molecule has 1 aliphatic heterocycles. The Balaban J connectivity index is 1.71. The third-order valence-electron chi connectivity index (χ3n) is 4.74. The number of rotatable bonds is 5. The summed E-state index contributed by atoms with van der Waals surface area (Å²) in [6.45, 7) is 1.58. The van der Waals surface area contributed by atoms with Gasteiger partial charge in [-0.15, -0.1) is 0 Å². The van der Waals surface area contributed by atoms with Crippen molar-refractivity contribution < 1.29 is 19.7 Å². The van der Waals surface area contributed by atoms with Crippen molar-refractivity contribution in [2.45, 2.75) is 6.04 Å². The summed E-state index contributed by atoms with van der Waals surface area (Å²) in [5.41, 5.74) is 2.58. The molecule has 2 amide bonds. The Morgan fingerprint density at radius 2 is 1.71 bits per heavy atom. The van der Waals surface area contributed by atoms with Gasteiger partial charge in [-0.25, -0.2) is 5.48 Å². The molecule has 1 heterocycles. The Hall–Kier alpha value is -3.30. The molecule has 0 saturated carbocycles. The number of nitrogens with zero attached hydrogens (tertiary/aromatic N) is 3. The summed E-state index contributed by atoms with van der Waals surface area (Å²) in [6, 6.07) is 14.1. The van der Waals surface area contributed by atoms with Gasteiger partial charge in [0.05, 0.1) is 4.92 Å².